The highest BCUT2D eigenvalue weighted by Crippen LogP contribution is 2.34. The molecule has 1 saturated heterocycles. The van der Waals surface area contributed by atoms with E-state index in [0.717, 1.165) is 40.1 Å². The zero-order valence-corrected chi connectivity index (χ0v) is 13.5. The Morgan fingerprint density at radius 1 is 1.30 bits per heavy atom. The quantitative estimate of drug-likeness (QED) is 0.800. The molecular weight excluding hydrogens is 314 g/mol. The average molecular weight is 334 g/mol. The van der Waals surface area contributed by atoms with Gasteiger partial charge >= 0.3 is 0 Å². The van der Waals surface area contributed by atoms with Gasteiger partial charge in [-0.1, -0.05) is 13.8 Å². The van der Waals surface area contributed by atoms with Crippen LogP contribution < -0.4 is 10.6 Å². The van der Waals surface area contributed by atoms with Crippen LogP contribution in [0.25, 0.3) is 10.9 Å². The van der Waals surface area contributed by atoms with Gasteiger partial charge in [-0.15, -0.1) is 0 Å². The maximum absolute atomic E-state index is 6.09. The predicted molar refractivity (Wildman–Crippen MR) is 89.0 cm³/mol. The van der Waals surface area contributed by atoms with Crippen LogP contribution >= 0.6 is 15.9 Å². The lowest BCUT2D eigenvalue weighted by Crippen LogP contribution is -2.38. The molecule has 20 heavy (non-hydrogen) atoms. The number of rotatable bonds is 1. The topological polar surface area (TPSA) is 42.1 Å². The minimum atomic E-state index is 0.715. The van der Waals surface area contributed by atoms with Gasteiger partial charge in [-0.3, -0.25) is 4.98 Å². The first-order chi connectivity index (χ1) is 9.56. The van der Waals surface area contributed by atoms with Gasteiger partial charge in [0.1, 0.15) is 0 Å². The molecule has 3 rings (SSSR count). The summed E-state index contributed by atoms with van der Waals surface area (Å²) >= 11 is 3.47. The number of nitrogen functional groups attached to an aromatic ring is 1. The van der Waals surface area contributed by atoms with Gasteiger partial charge in [0.2, 0.25) is 0 Å². The largest absolute Gasteiger partial charge is 0.398 e. The van der Waals surface area contributed by atoms with E-state index in [9.17, 15) is 0 Å². The third-order valence-corrected chi connectivity index (χ3v) is 4.94. The van der Waals surface area contributed by atoms with Gasteiger partial charge in [0.05, 0.1) is 11.2 Å². The fourth-order valence-electron chi connectivity index (χ4n) is 2.94. The van der Waals surface area contributed by atoms with Gasteiger partial charge in [0.25, 0.3) is 0 Å². The maximum atomic E-state index is 6.09. The molecule has 0 bridgehead atoms. The Hall–Kier alpha value is -1.29. The number of anilines is 2. The van der Waals surface area contributed by atoms with Crippen LogP contribution in [0.1, 0.15) is 20.3 Å². The molecule has 0 aliphatic carbocycles. The number of fused-ring (bicyclic) bond motifs is 1. The standard InChI is InChI=1S/C16H20BrN3/c1-10-5-6-20(9-11(10)2)15-4-3-14(18)13-7-12(17)8-19-16(13)15/h3-4,7-8,10-11H,5-6,9,18H2,1-2H3. The van der Waals surface area contributed by atoms with Crippen LogP contribution in [0, 0.1) is 11.8 Å². The van der Waals surface area contributed by atoms with E-state index in [0.29, 0.717) is 5.92 Å². The van der Waals surface area contributed by atoms with Crippen LogP contribution in [0.4, 0.5) is 11.4 Å². The van der Waals surface area contributed by atoms with Crippen molar-refractivity contribution in [2.24, 2.45) is 11.8 Å². The predicted octanol–water partition coefficient (Wildman–Crippen LogP) is 4.06. The fourth-order valence-corrected chi connectivity index (χ4v) is 3.27. The minimum Gasteiger partial charge on any atom is -0.398 e. The first kappa shape index (κ1) is 13.7. The first-order valence-corrected chi connectivity index (χ1v) is 7.94. The Morgan fingerprint density at radius 2 is 2.10 bits per heavy atom. The van der Waals surface area contributed by atoms with Crippen molar-refractivity contribution in [3.63, 3.8) is 0 Å². The van der Waals surface area contributed by atoms with E-state index in [-0.39, 0.29) is 0 Å². The van der Waals surface area contributed by atoms with Crippen molar-refractivity contribution >= 4 is 38.2 Å². The number of halogens is 1. The fraction of sp³-hybridized carbons (Fsp3) is 0.438. The number of nitrogens with two attached hydrogens (primary N) is 1. The van der Waals surface area contributed by atoms with Crippen molar-refractivity contribution in [2.75, 3.05) is 23.7 Å². The smallest absolute Gasteiger partial charge is 0.0956 e. The minimum absolute atomic E-state index is 0.715. The molecule has 1 aromatic carbocycles. The Kier molecular flexibility index (Phi) is 3.59. The molecule has 0 radical (unpaired) electrons. The second kappa shape index (κ2) is 5.24. The molecule has 0 saturated carbocycles. The van der Waals surface area contributed by atoms with Crippen LogP contribution in [-0.4, -0.2) is 18.1 Å². The summed E-state index contributed by atoms with van der Waals surface area (Å²) in [5.74, 6) is 1.51. The number of pyridine rings is 1. The second-order valence-electron chi connectivity index (χ2n) is 5.91. The van der Waals surface area contributed by atoms with E-state index in [1.165, 1.54) is 12.1 Å². The van der Waals surface area contributed by atoms with Crippen LogP contribution in [0.15, 0.2) is 28.9 Å². The molecule has 0 spiro atoms. The normalized spacial score (nSPS) is 23.2. The summed E-state index contributed by atoms with van der Waals surface area (Å²) in [5, 5.41) is 1.03. The summed E-state index contributed by atoms with van der Waals surface area (Å²) in [6.07, 6.45) is 3.09. The van der Waals surface area contributed by atoms with E-state index in [1.807, 2.05) is 12.3 Å². The monoisotopic (exact) mass is 333 g/mol. The number of nitrogens with zero attached hydrogens (tertiary/aromatic N) is 2. The Morgan fingerprint density at radius 3 is 2.85 bits per heavy atom. The second-order valence-corrected chi connectivity index (χ2v) is 6.83. The van der Waals surface area contributed by atoms with Crippen LogP contribution in [0.3, 0.4) is 0 Å². The SMILES string of the molecule is CC1CCN(c2ccc(N)c3cc(Br)cnc23)CC1C. The summed E-state index contributed by atoms with van der Waals surface area (Å²) < 4.78 is 0.967. The molecule has 2 N–H and O–H groups in total. The van der Waals surface area contributed by atoms with E-state index in [2.05, 4.69) is 51.8 Å². The van der Waals surface area contributed by atoms with Crippen molar-refractivity contribution in [3.8, 4) is 0 Å². The van der Waals surface area contributed by atoms with Crippen molar-refractivity contribution < 1.29 is 0 Å². The molecule has 2 atom stereocenters. The molecule has 1 aliphatic heterocycles. The lowest BCUT2D eigenvalue weighted by Gasteiger charge is -2.37. The molecule has 1 aliphatic rings. The van der Waals surface area contributed by atoms with E-state index in [4.69, 9.17) is 5.73 Å². The summed E-state index contributed by atoms with van der Waals surface area (Å²) in [6.45, 7) is 6.87. The van der Waals surface area contributed by atoms with Crippen LogP contribution in [-0.2, 0) is 0 Å². The molecule has 2 unspecified atom stereocenters. The van der Waals surface area contributed by atoms with Crippen molar-refractivity contribution in [2.45, 2.75) is 20.3 Å². The van der Waals surface area contributed by atoms with Gasteiger partial charge in [-0.2, -0.15) is 0 Å². The molecule has 2 aromatic rings. The van der Waals surface area contributed by atoms with E-state index >= 15 is 0 Å². The zero-order valence-electron chi connectivity index (χ0n) is 11.9. The van der Waals surface area contributed by atoms with Crippen molar-refractivity contribution in [1.82, 2.24) is 4.98 Å². The Balaban J connectivity index is 2.06. The van der Waals surface area contributed by atoms with Gasteiger partial charge in [-0.05, 0) is 52.4 Å². The van der Waals surface area contributed by atoms with Crippen molar-refractivity contribution in [3.05, 3.63) is 28.9 Å². The highest BCUT2D eigenvalue weighted by Gasteiger charge is 2.24. The third-order valence-electron chi connectivity index (χ3n) is 4.50. The number of hydrogen-bond donors (Lipinski definition) is 1. The molecular formula is C16H20BrN3. The molecule has 2 heterocycles. The molecule has 106 valence electrons. The lowest BCUT2D eigenvalue weighted by molar-refractivity contribution is 0.324. The highest BCUT2D eigenvalue weighted by atomic mass is 79.9. The van der Waals surface area contributed by atoms with E-state index < -0.39 is 0 Å². The number of aromatic nitrogens is 1. The lowest BCUT2D eigenvalue weighted by atomic mass is 9.88. The van der Waals surface area contributed by atoms with Gasteiger partial charge in [0.15, 0.2) is 0 Å². The van der Waals surface area contributed by atoms with Gasteiger partial charge in [-0.25, -0.2) is 0 Å². The van der Waals surface area contributed by atoms with Crippen LogP contribution in [0.2, 0.25) is 0 Å². The highest BCUT2D eigenvalue weighted by molar-refractivity contribution is 9.10. The molecule has 0 amide bonds. The van der Waals surface area contributed by atoms with Crippen molar-refractivity contribution in [1.29, 1.82) is 0 Å². The maximum Gasteiger partial charge on any atom is 0.0956 e. The third kappa shape index (κ3) is 2.37. The molecule has 3 nitrogen and oxygen atoms in total. The summed E-state index contributed by atoms with van der Waals surface area (Å²) in [7, 11) is 0. The zero-order chi connectivity index (χ0) is 14.3. The van der Waals surface area contributed by atoms with Crippen LogP contribution in [0.5, 0.6) is 0 Å². The van der Waals surface area contributed by atoms with Gasteiger partial charge < -0.3 is 10.6 Å². The molecule has 1 aromatic heterocycles. The summed E-state index contributed by atoms with van der Waals surface area (Å²) in [5.41, 5.74) is 9.10. The number of piperidine rings is 1. The summed E-state index contributed by atoms with van der Waals surface area (Å²) in [6, 6.07) is 6.16. The number of hydrogen-bond acceptors (Lipinski definition) is 3. The first-order valence-electron chi connectivity index (χ1n) is 7.15. The Labute approximate surface area is 128 Å². The summed E-state index contributed by atoms with van der Waals surface area (Å²) in [4.78, 5) is 7.04. The Bertz CT molecular complexity index is 641. The molecule has 4 heteroatoms. The molecule has 1 fully saturated rings. The number of benzene rings is 1. The van der Waals surface area contributed by atoms with Gasteiger partial charge in [0, 0.05) is 34.8 Å². The van der Waals surface area contributed by atoms with E-state index in [1.54, 1.807) is 0 Å². The average Bonchev–Trinajstić information content (AvgIpc) is 2.43.